The quantitative estimate of drug-likeness (QED) is 0.380. The second-order valence-electron chi connectivity index (χ2n) is 7.97. The van der Waals surface area contributed by atoms with Gasteiger partial charge in [0.05, 0.1) is 41.2 Å². The van der Waals surface area contributed by atoms with E-state index in [2.05, 4.69) is 11.0 Å². The molecule has 1 aliphatic heterocycles. The van der Waals surface area contributed by atoms with Crippen molar-refractivity contribution in [3.63, 3.8) is 0 Å². The van der Waals surface area contributed by atoms with Crippen LogP contribution in [0.15, 0.2) is 66.7 Å². The third kappa shape index (κ3) is 3.79. The molecular weight excluding hydrogens is 417 g/mol. The molecule has 4 aromatic rings. The highest BCUT2D eigenvalue weighted by Crippen LogP contribution is 2.40. The number of aryl methyl sites for hydroxylation is 1. The van der Waals surface area contributed by atoms with E-state index < -0.39 is 5.97 Å². The zero-order chi connectivity index (χ0) is 22.9. The van der Waals surface area contributed by atoms with E-state index in [1.54, 1.807) is 30.3 Å². The van der Waals surface area contributed by atoms with Crippen molar-refractivity contribution in [1.29, 1.82) is 5.26 Å². The van der Waals surface area contributed by atoms with Gasteiger partial charge in [-0.3, -0.25) is 0 Å². The Morgan fingerprint density at radius 2 is 1.88 bits per heavy atom. The minimum absolute atomic E-state index is 0.309. The van der Waals surface area contributed by atoms with Gasteiger partial charge in [0, 0.05) is 23.2 Å². The van der Waals surface area contributed by atoms with Crippen molar-refractivity contribution >= 4 is 28.2 Å². The summed E-state index contributed by atoms with van der Waals surface area (Å²) in [6, 6.07) is 21.5. The van der Waals surface area contributed by atoms with E-state index in [1.165, 1.54) is 19.2 Å². The van der Waals surface area contributed by atoms with Gasteiger partial charge in [-0.05, 0) is 85.1 Å². The summed E-state index contributed by atoms with van der Waals surface area (Å²) in [4.78, 5) is 19.2. The number of benzene rings is 3. The molecule has 0 N–H and O–H groups in total. The van der Waals surface area contributed by atoms with Crippen LogP contribution in [0.4, 0.5) is 15.8 Å². The number of nitrogens with zero attached hydrogens (tertiary/aromatic N) is 3. The molecule has 33 heavy (non-hydrogen) atoms. The zero-order valence-electron chi connectivity index (χ0n) is 18.0. The number of ether oxygens (including phenoxy) is 1. The maximum absolute atomic E-state index is 13.6. The maximum Gasteiger partial charge on any atom is 0.337 e. The van der Waals surface area contributed by atoms with Crippen LogP contribution in [-0.2, 0) is 11.2 Å². The lowest BCUT2D eigenvalue weighted by Crippen LogP contribution is -2.25. The van der Waals surface area contributed by atoms with Gasteiger partial charge < -0.3 is 9.64 Å². The first-order chi connectivity index (χ1) is 16.1. The summed E-state index contributed by atoms with van der Waals surface area (Å²) in [5, 5.41) is 10.1. The van der Waals surface area contributed by atoms with Gasteiger partial charge in [0.15, 0.2) is 0 Å². The molecule has 3 aromatic carbocycles. The fraction of sp³-hybridized carbons (Fsp3) is 0.148. The van der Waals surface area contributed by atoms with Gasteiger partial charge in [-0.2, -0.15) is 5.26 Å². The normalized spacial score (nSPS) is 12.8. The molecule has 5 rings (SSSR count). The highest BCUT2D eigenvalue weighted by Gasteiger charge is 2.23. The van der Waals surface area contributed by atoms with Crippen molar-refractivity contribution in [3.8, 4) is 17.3 Å². The molecule has 0 aliphatic carbocycles. The zero-order valence-corrected chi connectivity index (χ0v) is 18.0. The van der Waals surface area contributed by atoms with Crippen molar-refractivity contribution in [1.82, 2.24) is 4.98 Å². The lowest BCUT2D eigenvalue weighted by molar-refractivity contribution is 0.0601. The molecule has 6 heteroatoms. The van der Waals surface area contributed by atoms with E-state index in [4.69, 9.17) is 9.72 Å². The molecule has 0 fully saturated rings. The van der Waals surface area contributed by atoms with Gasteiger partial charge in [0.1, 0.15) is 5.82 Å². The summed E-state index contributed by atoms with van der Waals surface area (Å²) in [5.74, 6) is -0.718. The molecule has 0 amide bonds. The number of aromatic nitrogens is 1. The average Bonchev–Trinajstić information content (AvgIpc) is 2.86. The standard InChI is InChI=1S/C27H20FN3O2/c1-33-27(32)20-7-10-23-21(14-20)15-25(26(30-23)18-5-8-22(28)9-6-18)31-12-2-3-19-13-17(16-29)4-11-24(19)31/h4-11,13-15H,2-3,12H2,1H3. The van der Waals surface area contributed by atoms with Crippen LogP contribution < -0.4 is 4.90 Å². The van der Waals surface area contributed by atoms with Crippen LogP contribution in [0.2, 0.25) is 0 Å². The van der Waals surface area contributed by atoms with Gasteiger partial charge in [0.2, 0.25) is 0 Å². The fourth-order valence-corrected chi connectivity index (χ4v) is 4.35. The second kappa shape index (κ2) is 8.36. The number of anilines is 2. The number of carbonyl (C=O) groups is 1. The van der Waals surface area contributed by atoms with E-state index >= 15 is 0 Å². The number of nitriles is 1. The lowest BCUT2D eigenvalue weighted by Gasteiger charge is -2.33. The summed E-state index contributed by atoms with van der Waals surface area (Å²) in [5.41, 5.74) is 6.32. The van der Waals surface area contributed by atoms with Crippen LogP contribution in [0.25, 0.3) is 22.2 Å². The van der Waals surface area contributed by atoms with E-state index in [0.717, 1.165) is 58.5 Å². The number of pyridine rings is 1. The minimum atomic E-state index is -0.409. The molecular formula is C27H20FN3O2. The Morgan fingerprint density at radius 1 is 1.06 bits per heavy atom. The van der Waals surface area contributed by atoms with Crippen LogP contribution >= 0.6 is 0 Å². The molecule has 1 aliphatic rings. The van der Waals surface area contributed by atoms with Crippen molar-refractivity contribution < 1.29 is 13.9 Å². The summed E-state index contributed by atoms with van der Waals surface area (Å²) in [6.45, 7) is 0.775. The number of rotatable bonds is 3. The van der Waals surface area contributed by atoms with Crippen LogP contribution in [0, 0.1) is 17.1 Å². The third-order valence-electron chi connectivity index (χ3n) is 5.95. The molecule has 5 nitrogen and oxygen atoms in total. The summed E-state index contributed by atoms with van der Waals surface area (Å²) >= 11 is 0. The number of fused-ring (bicyclic) bond motifs is 2. The van der Waals surface area contributed by atoms with Crippen molar-refractivity contribution in [2.24, 2.45) is 0 Å². The summed E-state index contributed by atoms with van der Waals surface area (Å²) in [6.07, 6.45) is 1.81. The van der Waals surface area contributed by atoms with Gasteiger partial charge >= 0.3 is 5.97 Å². The van der Waals surface area contributed by atoms with E-state index in [1.807, 2.05) is 24.3 Å². The minimum Gasteiger partial charge on any atom is -0.465 e. The third-order valence-corrected chi connectivity index (χ3v) is 5.95. The van der Waals surface area contributed by atoms with Crippen LogP contribution in [0.3, 0.4) is 0 Å². The molecule has 0 bridgehead atoms. The Labute approximate surface area is 190 Å². The van der Waals surface area contributed by atoms with Crippen molar-refractivity contribution in [3.05, 3.63) is 89.2 Å². The van der Waals surface area contributed by atoms with Crippen LogP contribution in [0.1, 0.15) is 27.9 Å². The summed E-state index contributed by atoms with van der Waals surface area (Å²) in [7, 11) is 1.36. The predicted molar refractivity (Wildman–Crippen MR) is 125 cm³/mol. The molecule has 0 unspecified atom stereocenters. The van der Waals surface area contributed by atoms with Gasteiger partial charge in [0.25, 0.3) is 0 Å². The second-order valence-corrected chi connectivity index (χ2v) is 7.97. The van der Waals surface area contributed by atoms with Crippen LogP contribution in [-0.4, -0.2) is 24.6 Å². The number of carbonyl (C=O) groups excluding carboxylic acids is 1. The molecule has 1 aromatic heterocycles. The largest absolute Gasteiger partial charge is 0.465 e. The molecule has 0 saturated heterocycles. The molecule has 162 valence electrons. The highest BCUT2D eigenvalue weighted by atomic mass is 19.1. The van der Waals surface area contributed by atoms with Crippen molar-refractivity contribution in [2.45, 2.75) is 12.8 Å². The number of methoxy groups -OCH3 is 1. The smallest absolute Gasteiger partial charge is 0.337 e. The Morgan fingerprint density at radius 3 is 2.64 bits per heavy atom. The van der Waals surface area contributed by atoms with Crippen LogP contribution in [0.5, 0.6) is 0 Å². The maximum atomic E-state index is 13.6. The SMILES string of the molecule is COC(=O)c1ccc2nc(-c3ccc(F)cc3)c(N3CCCc4cc(C#N)ccc43)cc2c1. The Hall–Kier alpha value is -4.24. The molecule has 0 radical (unpaired) electrons. The Bertz CT molecular complexity index is 1420. The first kappa shape index (κ1) is 20.7. The predicted octanol–water partition coefficient (Wildman–Crippen LogP) is 5.78. The van der Waals surface area contributed by atoms with Crippen molar-refractivity contribution in [2.75, 3.05) is 18.6 Å². The topological polar surface area (TPSA) is 66.2 Å². The molecule has 0 atom stereocenters. The monoisotopic (exact) mass is 437 g/mol. The number of hydrogen-bond acceptors (Lipinski definition) is 5. The van der Waals surface area contributed by atoms with Gasteiger partial charge in [-0.15, -0.1) is 0 Å². The van der Waals surface area contributed by atoms with E-state index in [-0.39, 0.29) is 5.82 Å². The van der Waals surface area contributed by atoms with Gasteiger partial charge in [-0.25, -0.2) is 14.2 Å². The average molecular weight is 437 g/mol. The molecule has 2 heterocycles. The number of halogens is 1. The first-order valence-electron chi connectivity index (χ1n) is 10.7. The number of hydrogen-bond donors (Lipinski definition) is 0. The Balaban J connectivity index is 1.74. The first-order valence-corrected chi connectivity index (χ1v) is 10.7. The van der Waals surface area contributed by atoms with E-state index in [9.17, 15) is 14.4 Å². The fourth-order valence-electron chi connectivity index (χ4n) is 4.35. The Kier molecular flexibility index (Phi) is 5.23. The lowest BCUT2D eigenvalue weighted by atomic mass is 9.97. The molecule has 0 spiro atoms. The highest BCUT2D eigenvalue weighted by molar-refractivity contribution is 5.97. The van der Waals surface area contributed by atoms with E-state index in [0.29, 0.717) is 11.1 Å². The molecule has 0 saturated carbocycles. The summed E-state index contributed by atoms with van der Waals surface area (Å²) < 4.78 is 18.5. The number of esters is 1. The van der Waals surface area contributed by atoms with Gasteiger partial charge in [-0.1, -0.05) is 0 Å².